The first-order chi connectivity index (χ1) is 11.3. The van der Waals surface area contributed by atoms with Gasteiger partial charge in [-0.3, -0.25) is 0 Å². The highest BCUT2D eigenvalue weighted by Gasteiger charge is 2.13. The molecule has 1 N–H and O–H groups in total. The van der Waals surface area contributed by atoms with Gasteiger partial charge in [-0.2, -0.15) is 0 Å². The maximum atomic E-state index is 5.94. The number of fused-ring (bicyclic) bond motifs is 1. The molecule has 4 heteroatoms. The van der Waals surface area contributed by atoms with Crippen LogP contribution in [0.4, 0.5) is 0 Å². The average Bonchev–Trinajstić information content (AvgIpc) is 2.92. The number of benzene rings is 1. The Hall–Kier alpha value is -1.47. The number of ether oxygens (including phenoxy) is 1. The summed E-state index contributed by atoms with van der Waals surface area (Å²) in [5.41, 5.74) is 3.55. The minimum Gasteiger partial charge on any atom is -0.381 e. The van der Waals surface area contributed by atoms with Crippen molar-refractivity contribution in [3.8, 4) is 11.8 Å². The lowest BCUT2D eigenvalue weighted by Gasteiger charge is -2.23. The number of hydrogen-bond acceptors (Lipinski definition) is 2. The number of hydrogen-bond donors (Lipinski definition) is 1. The molecular formula is C19H23ClN2O. The van der Waals surface area contributed by atoms with Crippen molar-refractivity contribution >= 4 is 22.5 Å². The molecule has 0 radical (unpaired) electrons. The van der Waals surface area contributed by atoms with Gasteiger partial charge in [0.1, 0.15) is 0 Å². The van der Waals surface area contributed by atoms with Gasteiger partial charge in [-0.25, -0.2) is 0 Å². The van der Waals surface area contributed by atoms with Crippen molar-refractivity contribution in [3.05, 3.63) is 35.5 Å². The van der Waals surface area contributed by atoms with E-state index in [0.29, 0.717) is 11.9 Å². The monoisotopic (exact) mass is 330 g/mol. The predicted octanol–water partition coefficient (Wildman–Crippen LogP) is 3.52. The lowest BCUT2D eigenvalue weighted by molar-refractivity contribution is 0.0776. The highest BCUT2D eigenvalue weighted by Crippen LogP contribution is 2.22. The maximum absolute atomic E-state index is 5.94. The molecular weight excluding hydrogens is 308 g/mol. The van der Waals surface area contributed by atoms with Crippen LogP contribution in [0.1, 0.15) is 31.0 Å². The van der Waals surface area contributed by atoms with E-state index in [4.69, 9.17) is 16.3 Å². The van der Waals surface area contributed by atoms with Crippen LogP contribution in [0.15, 0.2) is 24.3 Å². The Balaban J connectivity index is 1.79. The number of nitrogens with one attached hydrogen (secondary N) is 1. The second-order valence-corrected chi connectivity index (χ2v) is 6.28. The van der Waals surface area contributed by atoms with Crippen LogP contribution >= 0.6 is 11.6 Å². The van der Waals surface area contributed by atoms with Crippen LogP contribution in [0.3, 0.4) is 0 Å². The van der Waals surface area contributed by atoms with Crippen LogP contribution < -0.4 is 5.32 Å². The average molecular weight is 331 g/mol. The van der Waals surface area contributed by atoms with Crippen molar-refractivity contribution in [1.29, 1.82) is 0 Å². The summed E-state index contributed by atoms with van der Waals surface area (Å²) < 4.78 is 7.61. The summed E-state index contributed by atoms with van der Waals surface area (Å²) in [5, 5.41) is 4.87. The summed E-state index contributed by atoms with van der Waals surface area (Å²) >= 11 is 5.94. The van der Waals surface area contributed by atoms with E-state index in [2.05, 4.69) is 46.0 Å². The molecule has 0 spiro atoms. The zero-order chi connectivity index (χ0) is 16.1. The third-order valence-corrected chi connectivity index (χ3v) is 4.51. The van der Waals surface area contributed by atoms with E-state index in [0.717, 1.165) is 44.8 Å². The largest absolute Gasteiger partial charge is 0.381 e. The summed E-state index contributed by atoms with van der Waals surface area (Å²) in [6.45, 7) is 5.30. The second kappa shape index (κ2) is 7.88. The fourth-order valence-electron chi connectivity index (χ4n) is 3.15. The molecule has 1 aromatic heterocycles. The smallest absolute Gasteiger partial charge is 0.0930 e. The Labute approximate surface area is 143 Å². The van der Waals surface area contributed by atoms with Crippen LogP contribution in [0.25, 0.3) is 10.9 Å². The van der Waals surface area contributed by atoms with Crippen LogP contribution in [0, 0.1) is 11.8 Å². The molecule has 2 heterocycles. The minimum atomic E-state index is 0.571. The predicted molar refractivity (Wildman–Crippen MR) is 95.9 cm³/mol. The second-order valence-electron chi connectivity index (χ2n) is 5.91. The fraction of sp³-hybridized carbons (Fsp3) is 0.474. The van der Waals surface area contributed by atoms with Crippen LogP contribution in [0.5, 0.6) is 0 Å². The lowest BCUT2D eigenvalue weighted by Crippen LogP contribution is -2.34. The van der Waals surface area contributed by atoms with Crippen molar-refractivity contribution < 1.29 is 4.74 Å². The molecule has 23 heavy (non-hydrogen) atoms. The van der Waals surface area contributed by atoms with Crippen molar-refractivity contribution in [3.63, 3.8) is 0 Å². The Morgan fingerprint density at radius 2 is 2.13 bits per heavy atom. The van der Waals surface area contributed by atoms with Gasteiger partial charge >= 0.3 is 0 Å². The van der Waals surface area contributed by atoms with Crippen molar-refractivity contribution in [2.75, 3.05) is 19.1 Å². The van der Waals surface area contributed by atoms with E-state index in [1.54, 1.807) is 0 Å². The third-order valence-electron chi connectivity index (χ3n) is 4.34. The molecule has 1 fully saturated rings. The number of halogens is 1. The zero-order valence-corrected chi connectivity index (χ0v) is 14.3. The van der Waals surface area contributed by atoms with Gasteiger partial charge in [0.15, 0.2) is 0 Å². The van der Waals surface area contributed by atoms with E-state index in [-0.39, 0.29) is 0 Å². The summed E-state index contributed by atoms with van der Waals surface area (Å²) in [6, 6.07) is 9.37. The summed E-state index contributed by atoms with van der Waals surface area (Å²) in [5.74, 6) is 6.76. The van der Waals surface area contributed by atoms with Gasteiger partial charge in [0.2, 0.25) is 0 Å². The first kappa shape index (κ1) is 16.4. The molecule has 3 nitrogen and oxygen atoms in total. The summed E-state index contributed by atoms with van der Waals surface area (Å²) in [6.07, 6.45) is 2.20. The number of alkyl halides is 1. The Kier molecular flexibility index (Phi) is 5.61. The molecule has 1 aliphatic rings. The van der Waals surface area contributed by atoms with E-state index in [1.165, 1.54) is 16.5 Å². The molecule has 0 saturated carbocycles. The van der Waals surface area contributed by atoms with Crippen LogP contribution in [-0.2, 0) is 17.8 Å². The summed E-state index contributed by atoms with van der Waals surface area (Å²) in [7, 11) is 0. The number of rotatable bonds is 5. The molecule has 0 bridgehead atoms. The van der Waals surface area contributed by atoms with Gasteiger partial charge in [-0.05, 0) is 49.4 Å². The quantitative estimate of drug-likeness (QED) is 0.670. The SMILES string of the molecule is CC#Cc1cc2cc(CNC3CCOCC3)ccc2n1CCCl. The van der Waals surface area contributed by atoms with Crippen LogP contribution in [0.2, 0.25) is 0 Å². The van der Waals surface area contributed by atoms with Gasteiger partial charge in [-0.15, -0.1) is 11.6 Å². The third kappa shape index (κ3) is 3.90. The first-order valence-electron chi connectivity index (χ1n) is 8.24. The number of aromatic nitrogens is 1. The van der Waals surface area contributed by atoms with Crippen LogP contribution in [-0.4, -0.2) is 29.7 Å². The normalized spacial score (nSPS) is 15.6. The number of nitrogens with zero attached hydrogens (tertiary/aromatic N) is 1. The molecule has 3 rings (SSSR count). The Morgan fingerprint density at radius 1 is 1.30 bits per heavy atom. The van der Waals surface area contributed by atoms with Gasteiger partial charge < -0.3 is 14.6 Å². The van der Waals surface area contributed by atoms with E-state index < -0.39 is 0 Å². The molecule has 122 valence electrons. The van der Waals surface area contributed by atoms with E-state index >= 15 is 0 Å². The molecule has 1 saturated heterocycles. The first-order valence-corrected chi connectivity index (χ1v) is 8.77. The zero-order valence-electron chi connectivity index (χ0n) is 13.6. The lowest BCUT2D eigenvalue weighted by atomic mass is 10.1. The molecule has 1 aliphatic heterocycles. The minimum absolute atomic E-state index is 0.571. The Morgan fingerprint density at radius 3 is 2.87 bits per heavy atom. The van der Waals surface area contributed by atoms with Crippen molar-refractivity contribution in [1.82, 2.24) is 9.88 Å². The van der Waals surface area contributed by atoms with Gasteiger partial charge in [0, 0.05) is 49.1 Å². The Bertz CT molecular complexity index is 720. The maximum Gasteiger partial charge on any atom is 0.0930 e. The highest BCUT2D eigenvalue weighted by molar-refractivity contribution is 6.17. The van der Waals surface area contributed by atoms with E-state index in [9.17, 15) is 0 Å². The van der Waals surface area contributed by atoms with Crippen molar-refractivity contribution in [2.24, 2.45) is 0 Å². The van der Waals surface area contributed by atoms with E-state index in [1.807, 2.05) is 6.92 Å². The van der Waals surface area contributed by atoms with Gasteiger partial charge in [0.25, 0.3) is 0 Å². The molecule has 0 aliphatic carbocycles. The number of aryl methyl sites for hydroxylation is 1. The summed E-state index contributed by atoms with van der Waals surface area (Å²) in [4.78, 5) is 0. The standard InChI is InChI=1S/C19H23ClN2O/c1-2-3-18-13-16-12-15(4-5-19(16)22(18)9-8-20)14-21-17-6-10-23-11-7-17/h4-5,12-13,17,21H,6-11,14H2,1H3. The topological polar surface area (TPSA) is 26.2 Å². The fourth-order valence-corrected chi connectivity index (χ4v) is 3.32. The molecule has 1 aromatic carbocycles. The molecule has 0 unspecified atom stereocenters. The molecule has 0 atom stereocenters. The molecule has 2 aromatic rings. The molecule has 0 amide bonds. The van der Waals surface area contributed by atoms with Gasteiger partial charge in [-0.1, -0.05) is 12.0 Å². The highest BCUT2D eigenvalue weighted by atomic mass is 35.5. The van der Waals surface area contributed by atoms with Crippen molar-refractivity contribution in [2.45, 2.75) is 38.9 Å². The van der Waals surface area contributed by atoms with Gasteiger partial charge in [0.05, 0.1) is 5.69 Å².